The molecular formula is C27H23N3O5. The summed E-state index contributed by atoms with van der Waals surface area (Å²) in [6.45, 7) is 5.51. The van der Waals surface area contributed by atoms with Crippen LogP contribution in [0.3, 0.4) is 0 Å². The van der Waals surface area contributed by atoms with E-state index in [1.807, 2.05) is 26.8 Å². The number of amides is 2. The predicted octanol–water partition coefficient (Wildman–Crippen LogP) is 3.73. The van der Waals surface area contributed by atoms with Gasteiger partial charge in [-0.25, -0.2) is 4.98 Å². The number of hydrogen-bond donors (Lipinski definition) is 1. The molecule has 0 saturated heterocycles. The summed E-state index contributed by atoms with van der Waals surface area (Å²) in [5, 5.41) is 0.421. The summed E-state index contributed by atoms with van der Waals surface area (Å²) in [6.07, 6.45) is 1.62. The molecule has 1 aliphatic rings. The van der Waals surface area contributed by atoms with Gasteiger partial charge in [0.2, 0.25) is 5.76 Å². The molecule has 1 aliphatic heterocycles. The Morgan fingerprint density at radius 3 is 2.46 bits per heavy atom. The Bertz CT molecular complexity index is 1560. The van der Waals surface area contributed by atoms with Crippen molar-refractivity contribution in [1.82, 2.24) is 4.98 Å². The Labute approximate surface area is 200 Å². The molecule has 0 spiro atoms. The summed E-state index contributed by atoms with van der Waals surface area (Å²) in [6, 6.07) is 13.3. The summed E-state index contributed by atoms with van der Waals surface area (Å²) in [7, 11) is 0. The Kier molecular flexibility index (Phi) is 5.36. The minimum absolute atomic E-state index is 0.00751. The van der Waals surface area contributed by atoms with E-state index in [1.54, 1.807) is 48.7 Å². The third-order valence-corrected chi connectivity index (χ3v) is 6.21. The van der Waals surface area contributed by atoms with Gasteiger partial charge in [-0.15, -0.1) is 0 Å². The Balaban J connectivity index is 1.71. The van der Waals surface area contributed by atoms with E-state index < -0.39 is 17.9 Å². The van der Waals surface area contributed by atoms with Crippen molar-refractivity contribution >= 4 is 28.6 Å². The highest BCUT2D eigenvalue weighted by Crippen LogP contribution is 2.41. The third-order valence-electron chi connectivity index (χ3n) is 6.21. The van der Waals surface area contributed by atoms with Crippen molar-refractivity contribution in [2.75, 3.05) is 11.5 Å². The van der Waals surface area contributed by atoms with Gasteiger partial charge in [-0.1, -0.05) is 12.1 Å². The van der Waals surface area contributed by atoms with Crippen molar-refractivity contribution in [2.45, 2.75) is 26.8 Å². The average Bonchev–Trinajstić information content (AvgIpc) is 3.12. The van der Waals surface area contributed by atoms with Crippen LogP contribution in [0.1, 0.15) is 44.4 Å². The van der Waals surface area contributed by atoms with Gasteiger partial charge in [0.15, 0.2) is 12.0 Å². The number of anilines is 1. The summed E-state index contributed by atoms with van der Waals surface area (Å²) < 4.78 is 11.4. The number of aromatic nitrogens is 1. The van der Waals surface area contributed by atoms with E-state index in [2.05, 4.69) is 4.98 Å². The first-order valence-electron chi connectivity index (χ1n) is 11.1. The summed E-state index contributed by atoms with van der Waals surface area (Å²) in [4.78, 5) is 44.4. The topological polar surface area (TPSA) is 116 Å². The van der Waals surface area contributed by atoms with Crippen LogP contribution in [0.15, 0.2) is 63.9 Å². The summed E-state index contributed by atoms with van der Waals surface area (Å²) in [5.41, 5.74) is 9.04. The number of ether oxygens (including phenoxy) is 1. The van der Waals surface area contributed by atoms with Crippen LogP contribution in [0.25, 0.3) is 11.0 Å². The van der Waals surface area contributed by atoms with Gasteiger partial charge in [-0.3, -0.25) is 19.3 Å². The molecule has 8 nitrogen and oxygen atoms in total. The largest absolute Gasteiger partial charge is 0.484 e. The number of primary amides is 1. The fourth-order valence-electron chi connectivity index (χ4n) is 4.33. The van der Waals surface area contributed by atoms with Gasteiger partial charge in [0.05, 0.1) is 17.0 Å². The molecule has 0 saturated carbocycles. The number of benzene rings is 2. The standard InChI is InChI=1S/C27H23N3O5/c1-14-8-9-29-22(10-14)30-24(17-4-6-18(7-5-17)34-13-21(28)31)23-25(32)19-11-15(2)16(3)12-20(19)35-26(23)27(30)33/h4-12,24H,13H2,1-3H3,(H2,28,31). The molecular weight excluding hydrogens is 446 g/mol. The van der Waals surface area contributed by atoms with Crippen LogP contribution in [-0.4, -0.2) is 23.4 Å². The van der Waals surface area contributed by atoms with Gasteiger partial charge in [-0.2, -0.15) is 0 Å². The van der Waals surface area contributed by atoms with Gasteiger partial charge in [-0.05, 0) is 79.4 Å². The van der Waals surface area contributed by atoms with Crippen LogP contribution >= 0.6 is 0 Å². The second-order valence-corrected chi connectivity index (χ2v) is 8.70. The van der Waals surface area contributed by atoms with Crippen LogP contribution in [0.5, 0.6) is 5.75 Å². The second-order valence-electron chi connectivity index (χ2n) is 8.70. The first-order valence-corrected chi connectivity index (χ1v) is 11.1. The molecule has 2 N–H and O–H groups in total. The van der Waals surface area contributed by atoms with Crippen LogP contribution in [0, 0.1) is 20.8 Å². The minimum atomic E-state index is -0.751. The molecule has 1 atom stereocenters. The molecule has 2 aromatic heterocycles. The van der Waals surface area contributed by atoms with E-state index in [9.17, 15) is 14.4 Å². The first-order chi connectivity index (χ1) is 16.7. The van der Waals surface area contributed by atoms with Crippen molar-refractivity contribution in [3.05, 3.63) is 98.5 Å². The normalized spacial score (nSPS) is 14.9. The van der Waals surface area contributed by atoms with Crippen LogP contribution in [-0.2, 0) is 4.79 Å². The van der Waals surface area contributed by atoms with Crippen molar-refractivity contribution < 1.29 is 18.7 Å². The number of hydrogen-bond acceptors (Lipinski definition) is 6. The number of carbonyl (C=O) groups excluding carboxylic acids is 2. The van der Waals surface area contributed by atoms with Gasteiger partial charge >= 0.3 is 0 Å². The smallest absolute Gasteiger partial charge is 0.296 e. The van der Waals surface area contributed by atoms with E-state index in [0.717, 1.165) is 16.7 Å². The Hall–Kier alpha value is -4.46. The SMILES string of the molecule is Cc1ccnc(N2C(=O)c3oc4cc(C)c(C)cc4c(=O)c3C2c2ccc(OCC(N)=O)cc2)c1. The molecule has 0 fully saturated rings. The van der Waals surface area contributed by atoms with E-state index in [0.29, 0.717) is 28.1 Å². The lowest BCUT2D eigenvalue weighted by Crippen LogP contribution is -2.30. The zero-order chi connectivity index (χ0) is 24.9. The van der Waals surface area contributed by atoms with Gasteiger partial charge in [0.1, 0.15) is 17.2 Å². The molecule has 3 heterocycles. The molecule has 1 unspecified atom stereocenters. The molecule has 2 amide bonds. The van der Waals surface area contributed by atoms with E-state index in [-0.39, 0.29) is 23.4 Å². The predicted molar refractivity (Wildman–Crippen MR) is 131 cm³/mol. The monoisotopic (exact) mass is 469 g/mol. The summed E-state index contributed by atoms with van der Waals surface area (Å²) >= 11 is 0. The molecule has 0 aliphatic carbocycles. The zero-order valence-electron chi connectivity index (χ0n) is 19.5. The lowest BCUT2D eigenvalue weighted by Gasteiger charge is -2.24. The second kappa shape index (κ2) is 8.39. The number of carbonyl (C=O) groups is 2. The number of rotatable bonds is 5. The number of fused-ring (bicyclic) bond motifs is 2. The van der Waals surface area contributed by atoms with Crippen molar-refractivity contribution in [3.63, 3.8) is 0 Å². The minimum Gasteiger partial charge on any atom is -0.484 e. The highest BCUT2D eigenvalue weighted by Gasteiger charge is 2.44. The lowest BCUT2D eigenvalue weighted by molar-refractivity contribution is -0.119. The maximum atomic E-state index is 13.8. The number of pyridine rings is 1. The highest BCUT2D eigenvalue weighted by atomic mass is 16.5. The Morgan fingerprint density at radius 2 is 1.77 bits per heavy atom. The molecule has 0 bridgehead atoms. The maximum Gasteiger partial charge on any atom is 0.296 e. The fourth-order valence-corrected chi connectivity index (χ4v) is 4.33. The molecule has 5 rings (SSSR count). The van der Waals surface area contributed by atoms with Crippen molar-refractivity contribution in [2.24, 2.45) is 5.73 Å². The molecule has 35 heavy (non-hydrogen) atoms. The fraction of sp³-hybridized carbons (Fsp3) is 0.185. The highest BCUT2D eigenvalue weighted by molar-refractivity contribution is 6.10. The molecule has 4 aromatic rings. The van der Waals surface area contributed by atoms with Gasteiger partial charge < -0.3 is 14.9 Å². The third kappa shape index (κ3) is 3.82. The molecule has 0 radical (unpaired) electrons. The molecule has 8 heteroatoms. The van der Waals surface area contributed by atoms with E-state index in [1.165, 1.54) is 4.90 Å². The zero-order valence-corrected chi connectivity index (χ0v) is 19.5. The van der Waals surface area contributed by atoms with Gasteiger partial charge in [0, 0.05) is 6.20 Å². The first kappa shape index (κ1) is 22.3. The van der Waals surface area contributed by atoms with Crippen LogP contribution < -0.4 is 20.8 Å². The average molecular weight is 469 g/mol. The molecule has 2 aromatic carbocycles. The quantitative estimate of drug-likeness (QED) is 0.476. The van der Waals surface area contributed by atoms with Crippen molar-refractivity contribution in [3.8, 4) is 5.75 Å². The van der Waals surface area contributed by atoms with Crippen molar-refractivity contribution in [1.29, 1.82) is 0 Å². The number of nitrogens with two attached hydrogens (primary N) is 1. The number of aryl methyl sites for hydroxylation is 3. The van der Waals surface area contributed by atoms with Crippen LogP contribution in [0.4, 0.5) is 5.82 Å². The number of nitrogens with zero attached hydrogens (tertiary/aromatic N) is 2. The van der Waals surface area contributed by atoms with Gasteiger partial charge in [0.25, 0.3) is 11.8 Å². The van der Waals surface area contributed by atoms with E-state index in [4.69, 9.17) is 14.9 Å². The Morgan fingerprint density at radius 1 is 1.06 bits per heavy atom. The molecule has 176 valence electrons. The van der Waals surface area contributed by atoms with Crippen LogP contribution in [0.2, 0.25) is 0 Å². The lowest BCUT2D eigenvalue weighted by atomic mass is 9.97. The summed E-state index contributed by atoms with van der Waals surface area (Å²) in [5.74, 6) is -0.163. The van der Waals surface area contributed by atoms with E-state index >= 15 is 0 Å². The maximum absolute atomic E-state index is 13.8.